The van der Waals surface area contributed by atoms with Gasteiger partial charge in [0, 0.05) is 43.5 Å². The molecule has 11 heteroatoms. The number of amides is 2. The Morgan fingerprint density at radius 1 is 0.943 bits per heavy atom. The van der Waals surface area contributed by atoms with Crippen LogP contribution < -0.4 is 10.6 Å². The molecule has 0 aliphatic rings. The zero-order valence-corrected chi connectivity index (χ0v) is 35.7. The van der Waals surface area contributed by atoms with Crippen molar-refractivity contribution in [1.29, 1.82) is 0 Å². The number of nitrogens with one attached hydrogen (secondary N) is 2. The number of unbranched alkanes of at least 4 members (excludes halogenated alkanes) is 2. The molecule has 2 N–H and O–H groups in total. The van der Waals surface area contributed by atoms with E-state index >= 15 is 0 Å². The second kappa shape index (κ2) is 36.0. The summed E-state index contributed by atoms with van der Waals surface area (Å²) in [5.74, 6) is 0.0968. The summed E-state index contributed by atoms with van der Waals surface area (Å²) in [4.78, 5) is 53.0. The van der Waals surface area contributed by atoms with Crippen LogP contribution in [0.25, 0.3) is 0 Å². The largest absolute Gasteiger partial charge is 0.371 e. The van der Waals surface area contributed by atoms with Crippen LogP contribution in [-0.2, 0) is 25.5 Å². The standard InChI is InChI=1S/C19H31N3O4S.C12H17NO.C7H17N.C4H10/c1-5-7-22(18(25)10-20-13-24)16(14(3)4)9-17(26-8-6-2)19-21-15(11-23)12-27-19;1-13-12(8-5-9-14)10-11-6-3-2-4-7-11;1-4-6-7-8(3)5-2;1-3-4-2/h11-14,16-17H,5-10H2,1-4H3,(H,20,24);2-4,6-7,9,12-13H,5,8,10H2,1H3;4-7H2,1-3H3;3-4H2,1-2H3. The van der Waals surface area contributed by atoms with Crippen molar-refractivity contribution in [2.75, 3.05) is 46.9 Å². The minimum atomic E-state index is -0.276. The van der Waals surface area contributed by atoms with Crippen molar-refractivity contribution < 1.29 is 23.9 Å². The number of ether oxygens (including phenoxy) is 1. The normalized spacial score (nSPS) is 12.2. The summed E-state index contributed by atoms with van der Waals surface area (Å²) in [7, 11) is 4.11. The van der Waals surface area contributed by atoms with Gasteiger partial charge in [0.1, 0.15) is 23.1 Å². The maximum Gasteiger partial charge on any atom is 0.242 e. The highest BCUT2D eigenvalue weighted by Crippen LogP contribution is 2.30. The number of carbonyl (C=O) groups excluding carboxylic acids is 4. The molecule has 1 heterocycles. The highest BCUT2D eigenvalue weighted by atomic mass is 32.1. The van der Waals surface area contributed by atoms with Gasteiger partial charge in [-0.2, -0.15) is 0 Å². The zero-order valence-electron chi connectivity index (χ0n) is 34.9. The van der Waals surface area contributed by atoms with Gasteiger partial charge in [0.25, 0.3) is 0 Å². The van der Waals surface area contributed by atoms with Gasteiger partial charge in [-0.1, -0.05) is 105 Å². The van der Waals surface area contributed by atoms with Crippen molar-refractivity contribution in [3.05, 3.63) is 52.0 Å². The van der Waals surface area contributed by atoms with Gasteiger partial charge >= 0.3 is 0 Å². The predicted molar refractivity (Wildman–Crippen MR) is 223 cm³/mol. The fourth-order valence-corrected chi connectivity index (χ4v) is 5.85. The molecule has 0 saturated carbocycles. The number of carbonyl (C=O) groups is 4. The topological polar surface area (TPSA) is 121 Å². The molecule has 0 bridgehead atoms. The van der Waals surface area contributed by atoms with E-state index in [4.69, 9.17) is 4.74 Å². The number of rotatable bonds is 25. The third-order valence-electron chi connectivity index (χ3n) is 8.51. The third-order valence-corrected chi connectivity index (χ3v) is 9.46. The highest BCUT2D eigenvalue weighted by molar-refractivity contribution is 7.09. The SMILES string of the molecule is CCCC.CCCCN(C)CC.CCCOC(CC(C(C)C)N(CCC)C(=O)CNC=O)c1nc(C=O)cs1.CNC(CCC=O)Cc1ccccc1. The number of benzene rings is 1. The Morgan fingerprint density at radius 3 is 2.09 bits per heavy atom. The van der Waals surface area contributed by atoms with Gasteiger partial charge < -0.3 is 30.0 Å². The van der Waals surface area contributed by atoms with Crippen LogP contribution in [0.3, 0.4) is 0 Å². The van der Waals surface area contributed by atoms with Crippen molar-refractivity contribution in [2.45, 2.75) is 138 Å². The van der Waals surface area contributed by atoms with E-state index in [1.54, 1.807) is 5.38 Å². The monoisotopic (exact) mass is 762 g/mol. The first-order chi connectivity index (χ1) is 25.6. The molecule has 0 radical (unpaired) electrons. The van der Waals surface area contributed by atoms with E-state index in [-0.39, 0.29) is 30.5 Å². The summed E-state index contributed by atoms with van der Waals surface area (Å²) >= 11 is 1.40. The number of thiazole rings is 1. The molecule has 1 aromatic carbocycles. The van der Waals surface area contributed by atoms with E-state index in [0.29, 0.717) is 44.1 Å². The lowest BCUT2D eigenvalue weighted by atomic mass is 9.95. The maximum atomic E-state index is 12.6. The average molecular weight is 762 g/mol. The van der Waals surface area contributed by atoms with Crippen LogP contribution in [0.2, 0.25) is 0 Å². The van der Waals surface area contributed by atoms with Crippen LogP contribution in [-0.4, -0.2) is 98.6 Å². The summed E-state index contributed by atoms with van der Waals surface area (Å²) in [6, 6.07) is 10.7. The van der Waals surface area contributed by atoms with Gasteiger partial charge in [-0.3, -0.25) is 14.4 Å². The molecule has 1 aromatic heterocycles. The van der Waals surface area contributed by atoms with Crippen LogP contribution in [0.1, 0.15) is 140 Å². The van der Waals surface area contributed by atoms with Crippen molar-refractivity contribution in [3.63, 3.8) is 0 Å². The number of nitrogens with zero attached hydrogens (tertiary/aromatic N) is 3. The van der Waals surface area contributed by atoms with E-state index in [9.17, 15) is 19.2 Å². The zero-order chi connectivity index (χ0) is 40.3. The van der Waals surface area contributed by atoms with E-state index in [1.165, 1.54) is 55.7 Å². The van der Waals surface area contributed by atoms with Crippen molar-refractivity contribution in [2.24, 2.45) is 5.92 Å². The molecule has 2 aromatic rings. The van der Waals surface area contributed by atoms with E-state index in [0.717, 1.165) is 43.3 Å². The lowest BCUT2D eigenvalue weighted by Crippen LogP contribution is -2.48. The number of likely N-dealkylation sites (N-methyl/N-ethyl adjacent to an activating group) is 1. The molecule has 53 heavy (non-hydrogen) atoms. The third kappa shape index (κ3) is 26.4. The molecule has 0 aliphatic carbocycles. The molecule has 0 saturated heterocycles. The first-order valence-electron chi connectivity index (χ1n) is 19.9. The Bertz CT molecular complexity index is 1150. The predicted octanol–water partition coefficient (Wildman–Crippen LogP) is 8.16. The number of aromatic nitrogens is 1. The fourth-order valence-electron chi connectivity index (χ4n) is 5.03. The summed E-state index contributed by atoms with van der Waals surface area (Å²) in [5.41, 5.74) is 1.72. The van der Waals surface area contributed by atoms with Gasteiger partial charge in [0.2, 0.25) is 12.3 Å². The van der Waals surface area contributed by atoms with Gasteiger partial charge in [-0.05, 0) is 70.8 Å². The quantitative estimate of drug-likeness (QED) is 0.0973. The highest BCUT2D eigenvalue weighted by Gasteiger charge is 2.30. The molecule has 10 nitrogen and oxygen atoms in total. The number of hydrogen-bond donors (Lipinski definition) is 2. The Kier molecular flexibility index (Phi) is 35.4. The molecule has 2 rings (SSSR count). The summed E-state index contributed by atoms with van der Waals surface area (Å²) in [6.07, 6.45) is 12.1. The Hall–Kier alpha value is -2.99. The maximum absolute atomic E-state index is 12.6. The van der Waals surface area contributed by atoms with Crippen LogP contribution in [0, 0.1) is 5.92 Å². The van der Waals surface area contributed by atoms with Crippen LogP contribution >= 0.6 is 11.3 Å². The minimum absolute atomic E-state index is 0.0141. The van der Waals surface area contributed by atoms with Crippen LogP contribution in [0.5, 0.6) is 0 Å². The first kappa shape index (κ1) is 52.1. The van der Waals surface area contributed by atoms with Gasteiger partial charge in [0.15, 0.2) is 6.29 Å². The number of aldehydes is 2. The molecule has 304 valence electrons. The van der Waals surface area contributed by atoms with E-state index in [1.807, 2.05) is 44.0 Å². The summed E-state index contributed by atoms with van der Waals surface area (Å²) < 4.78 is 6.03. The Morgan fingerprint density at radius 2 is 1.62 bits per heavy atom. The molecular weight excluding hydrogens is 687 g/mol. The molecular formula is C42H75N5O5S. The molecule has 0 fully saturated rings. The molecule has 3 atom stereocenters. The number of hydrogen-bond acceptors (Lipinski definition) is 9. The average Bonchev–Trinajstić information content (AvgIpc) is 3.67. The van der Waals surface area contributed by atoms with Crippen molar-refractivity contribution >= 4 is 36.2 Å². The molecule has 0 aliphatic heterocycles. The van der Waals surface area contributed by atoms with Crippen molar-refractivity contribution in [3.8, 4) is 0 Å². The summed E-state index contributed by atoms with van der Waals surface area (Å²) in [6.45, 7) is 20.6. The molecule has 3 unspecified atom stereocenters. The molecule has 2 amide bonds. The van der Waals surface area contributed by atoms with E-state index in [2.05, 4.69) is 81.2 Å². The fraction of sp³-hybridized carbons (Fsp3) is 0.690. The molecule has 0 spiro atoms. The Balaban J connectivity index is 0. The van der Waals surface area contributed by atoms with Crippen molar-refractivity contribution in [1.82, 2.24) is 25.4 Å². The minimum Gasteiger partial charge on any atom is -0.371 e. The van der Waals surface area contributed by atoms with Crippen LogP contribution in [0.15, 0.2) is 35.7 Å². The van der Waals surface area contributed by atoms with Gasteiger partial charge in [-0.25, -0.2) is 4.98 Å². The second-order valence-corrected chi connectivity index (χ2v) is 14.3. The second-order valence-electron chi connectivity index (χ2n) is 13.4. The first-order valence-corrected chi connectivity index (χ1v) is 20.8. The Labute approximate surface area is 327 Å². The van der Waals surface area contributed by atoms with Crippen LogP contribution in [0.4, 0.5) is 0 Å². The van der Waals surface area contributed by atoms with E-state index < -0.39 is 0 Å². The smallest absolute Gasteiger partial charge is 0.242 e. The lowest BCUT2D eigenvalue weighted by molar-refractivity contribution is -0.135. The lowest BCUT2D eigenvalue weighted by Gasteiger charge is -2.36. The van der Waals surface area contributed by atoms with Gasteiger partial charge in [-0.15, -0.1) is 11.3 Å². The summed E-state index contributed by atoms with van der Waals surface area (Å²) in [5, 5.41) is 8.16. The van der Waals surface area contributed by atoms with Gasteiger partial charge in [0.05, 0.1) is 6.54 Å².